The normalized spacial score (nSPS) is 26.2. The molecule has 1 saturated heterocycles. The minimum absolute atomic E-state index is 0.0361. The highest BCUT2D eigenvalue weighted by atomic mass is 32.2. The number of carbonyl (C=O) groups is 1. The van der Waals surface area contributed by atoms with E-state index in [9.17, 15) is 4.79 Å². The van der Waals surface area contributed by atoms with E-state index in [1.807, 2.05) is 11.8 Å². The topological polar surface area (TPSA) is 56.7 Å². The molecule has 2 N–H and O–H groups in total. The van der Waals surface area contributed by atoms with Crippen LogP contribution in [0.3, 0.4) is 0 Å². The fraction of sp³-hybridized carbons (Fsp3) is 0.875. The smallest absolute Gasteiger partial charge is 0.243 e. The molecule has 0 radical (unpaired) electrons. The van der Waals surface area contributed by atoms with Crippen LogP contribution in [0.25, 0.3) is 0 Å². The van der Waals surface area contributed by atoms with Crippen LogP contribution in [0, 0.1) is 0 Å². The number of rotatable bonds is 5. The summed E-state index contributed by atoms with van der Waals surface area (Å²) >= 11 is 2.04. The van der Waals surface area contributed by atoms with E-state index in [1.54, 1.807) is 19.0 Å². The first-order valence-electron chi connectivity index (χ1n) is 8.37. The minimum atomic E-state index is 0.0361. The first kappa shape index (κ1) is 17.4. The quantitative estimate of drug-likeness (QED) is 0.598. The summed E-state index contributed by atoms with van der Waals surface area (Å²) in [4.78, 5) is 17.8. The Labute approximate surface area is 138 Å². The van der Waals surface area contributed by atoms with Gasteiger partial charge in [0, 0.05) is 31.4 Å². The molecule has 0 aromatic carbocycles. The highest BCUT2D eigenvalue weighted by molar-refractivity contribution is 8.00. The van der Waals surface area contributed by atoms with Crippen LogP contribution in [-0.4, -0.2) is 60.5 Å². The predicted molar refractivity (Wildman–Crippen MR) is 94.5 cm³/mol. The SMILES string of the molecule is CN(C)C(=O)CN=C(NCC1(C)CCCS1)NC1CCCC1. The van der Waals surface area contributed by atoms with Crippen molar-refractivity contribution >= 4 is 23.6 Å². The second-order valence-electron chi connectivity index (χ2n) is 6.83. The molecular formula is C16H30N4OS. The first-order chi connectivity index (χ1) is 10.5. The lowest BCUT2D eigenvalue weighted by molar-refractivity contribution is -0.127. The van der Waals surface area contributed by atoms with Crippen molar-refractivity contribution in [3.63, 3.8) is 0 Å². The lowest BCUT2D eigenvalue weighted by Crippen LogP contribution is -2.47. The third-order valence-electron chi connectivity index (χ3n) is 4.50. The zero-order valence-corrected chi connectivity index (χ0v) is 15.0. The van der Waals surface area contributed by atoms with Crippen molar-refractivity contribution in [3.8, 4) is 0 Å². The van der Waals surface area contributed by atoms with E-state index in [4.69, 9.17) is 0 Å². The molecule has 2 rings (SSSR count). The molecule has 126 valence electrons. The van der Waals surface area contributed by atoms with Crippen molar-refractivity contribution in [3.05, 3.63) is 0 Å². The maximum absolute atomic E-state index is 11.8. The minimum Gasteiger partial charge on any atom is -0.355 e. The Kier molecular flexibility index (Phi) is 6.41. The van der Waals surface area contributed by atoms with Crippen molar-refractivity contribution in [2.45, 2.75) is 56.2 Å². The monoisotopic (exact) mass is 326 g/mol. The van der Waals surface area contributed by atoms with Gasteiger partial charge in [-0.3, -0.25) is 4.79 Å². The van der Waals surface area contributed by atoms with Crippen molar-refractivity contribution in [2.75, 3.05) is 32.9 Å². The number of aliphatic imine (C=N–C) groups is 1. The molecule has 6 heteroatoms. The molecule has 1 heterocycles. The molecular weight excluding hydrogens is 296 g/mol. The summed E-state index contributed by atoms with van der Waals surface area (Å²) in [6.45, 7) is 3.43. The number of hydrogen-bond donors (Lipinski definition) is 2. The number of nitrogens with one attached hydrogen (secondary N) is 2. The van der Waals surface area contributed by atoms with E-state index in [1.165, 1.54) is 44.3 Å². The van der Waals surface area contributed by atoms with Crippen LogP contribution in [0.1, 0.15) is 45.4 Å². The molecule has 5 nitrogen and oxygen atoms in total. The van der Waals surface area contributed by atoms with Crippen molar-refractivity contribution in [1.29, 1.82) is 0 Å². The number of hydrogen-bond acceptors (Lipinski definition) is 3. The van der Waals surface area contributed by atoms with Gasteiger partial charge in [-0.1, -0.05) is 12.8 Å². The van der Waals surface area contributed by atoms with Crippen molar-refractivity contribution < 1.29 is 4.79 Å². The number of nitrogens with zero attached hydrogens (tertiary/aromatic N) is 2. The van der Waals surface area contributed by atoms with E-state index in [2.05, 4.69) is 22.5 Å². The second-order valence-corrected chi connectivity index (χ2v) is 8.52. The zero-order chi connectivity index (χ0) is 16.0. The van der Waals surface area contributed by atoms with E-state index < -0.39 is 0 Å². The molecule has 0 aromatic heterocycles. The number of carbonyl (C=O) groups excluding carboxylic acids is 1. The number of guanidine groups is 1. The molecule has 22 heavy (non-hydrogen) atoms. The average molecular weight is 327 g/mol. The van der Waals surface area contributed by atoms with Crippen LogP contribution in [-0.2, 0) is 4.79 Å². The zero-order valence-electron chi connectivity index (χ0n) is 14.2. The summed E-state index contributed by atoms with van der Waals surface area (Å²) in [5, 5.41) is 6.98. The largest absolute Gasteiger partial charge is 0.355 e. The van der Waals surface area contributed by atoms with Crippen LogP contribution >= 0.6 is 11.8 Å². The molecule has 0 spiro atoms. The lowest BCUT2D eigenvalue weighted by Gasteiger charge is -2.25. The van der Waals surface area contributed by atoms with Crippen molar-refractivity contribution in [2.24, 2.45) is 4.99 Å². The van der Waals surface area contributed by atoms with Gasteiger partial charge in [-0.25, -0.2) is 4.99 Å². The number of likely N-dealkylation sites (N-methyl/N-ethyl adjacent to an activating group) is 1. The summed E-state index contributed by atoms with van der Waals surface area (Å²) in [5.74, 6) is 2.09. The standard InChI is InChI=1S/C16H30N4OS/c1-16(9-6-10-22-16)12-18-15(17-11-14(21)20(2)3)19-13-7-4-5-8-13/h13H,4-12H2,1-3H3,(H2,17,18,19). The summed E-state index contributed by atoms with van der Waals surface area (Å²) in [6, 6.07) is 0.504. The van der Waals surface area contributed by atoms with E-state index in [0.29, 0.717) is 10.8 Å². The highest BCUT2D eigenvalue weighted by Gasteiger charge is 2.29. The summed E-state index contributed by atoms with van der Waals surface area (Å²) < 4.78 is 0.295. The average Bonchev–Trinajstić information content (AvgIpc) is 3.13. The molecule has 0 bridgehead atoms. The lowest BCUT2D eigenvalue weighted by atomic mass is 10.1. The molecule has 1 amide bonds. The summed E-state index contributed by atoms with van der Waals surface area (Å²) in [6.07, 6.45) is 7.52. The van der Waals surface area contributed by atoms with Gasteiger partial charge in [0.05, 0.1) is 0 Å². The first-order valence-corrected chi connectivity index (χ1v) is 9.36. The molecule has 1 unspecified atom stereocenters. The number of thioether (sulfide) groups is 1. The summed E-state index contributed by atoms with van der Waals surface area (Å²) in [5.41, 5.74) is 0. The van der Waals surface area contributed by atoms with Gasteiger partial charge < -0.3 is 15.5 Å². The summed E-state index contributed by atoms with van der Waals surface area (Å²) in [7, 11) is 3.54. The Balaban J connectivity index is 1.90. The fourth-order valence-electron chi connectivity index (χ4n) is 2.95. The van der Waals surface area contributed by atoms with Gasteiger partial charge in [-0.05, 0) is 38.4 Å². The van der Waals surface area contributed by atoms with E-state index in [-0.39, 0.29) is 12.5 Å². The van der Waals surface area contributed by atoms with Crippen LogP contribution in [0.2, 0.25) is 0 Å². The molecule has 1 atom stereocenters. The third-order valence-corrected chi connectivity index (χ3v) is 6.04. The Hall–Kier alpha value is -0.910. The third kappa shape index (κ3) is 5.38. The van der Waals surface area contributed by atoms with Crippen molar-refractivity contribution in [1.82, 2.24) is 15.5 Å². The molecule has 2 aliphatic rings. The van der Waals surface area contributed by atoms with Crippen LogP contribution in [0.5, 0.6) is 0 Å². The Morgan fingerprint density at radius 1 is 1.32 bits per heavy atom. The molecule has 1 aliphatic carbocycles. The van der Waals surface area contributed by atoms with Crippen LogP contribution in [0.15, 0.2) is 4.99 Å². The number of amides is 1. The molecule has 1 aliphatic heterocycles. The Morgan fingerprint density at radius 3 is 2.64 bits per heavy atom. The van der Waals surface area contributed by atoms with Crippen LogP contribution in [0.4, 0.5) is 0 Å². The highest BCUT2D eigenvalue weighted by Crippen LogP contribution is 2.36. The molecule has 2 fully saturated rings. The van der Waals surface area contributed by atoms with Gasteiger partial charge in [0.15, 0.2) is 5.96 Å². The van der Waals surface area contributed by atoms with Gasteiger partial charge in [0.25, 0.3) is 0 Å². The predicted octanol–water partition coefficient (Wildman–Crippen LogP) is 1.84. The maximum Gasteiger partial charge on any atom is 0.243 e. The van der Waals surface area contributed by atoms with Gasteiger partial charge in [-0.2, -0.15) is 11.8 Å². The van der Waals surface area contributed by atoms with Gasteiger partial charge >= 0.3 is 0 Å². The van der Waals surface area contributed by atoms with Gasteiger partial charge in [0.1, 0.15) is 6.54 Å². The second kappa shape index (κ2) is 8.09. The van der Waals surface area contributed by atoms with E-state index in [0.717, 1.165) is 12.5 Å². The Bertz CT molecular complexity index is 399. The van der Waals surface area contributed by atoms with E-state index >= 15 is 0 Å². The fourth-order valence-corrected chi connectivity index (χ4v) is 4.20. The Morgan fingerprint density at radius 2 is 2.05 bits per heavy atom. The molecule has 0 aromatic rings. The maximum atomic E-state index is 11.8. The van der Waals surface area contributed by atoms with Gasteiger partial charge in [0.2, 0.25) is 5.91 Å². The molecule has 1 saturated carbocycles. The van der Waals surface area contributed by atoms with Crippen LogP contribution < -0.4 is 10.6 Å². The van der Waals surface area contributed by atoms with Gasteiger partial charge in [-0.15, -0.1) is 0 Å².